The molecule has 0 saturated carbocycles. The van der Waals surface area contributed by atoms with Crippen molar-refractivity contribution >= 4 is 18.2 Å². The highest BCUT2D eigenvalue weighted by atomic mass is 16.1. The van der Waals surface area contributed by atoms with E-state index in [2.05, 4.69) is 9.98 Å². The topological polar surface area (TPSA) is 41.8 Å². The Bertz CT molecular complexity index is 694. The van der Waals surface area contributed by atoms with E-state index in [4.69, 9.17) is 0 Å². The average molecular weight is 262 g/mol. The largest absolute Gasteiger partial charge is 0.296 e. The van der Waals surface area contributed by atoms with E-state index < -0.39 is 0 Å². The minimum atomic E-state index is 0.0926. The molecule has 2 aromatic rings. The minimum Gasteiger partial charge on any atom is -0.296 e. The molecule has 1 aliphatic carbocycles. The maximum Gasteiger partial charge on any atom is 0.194 e. The predicted molar refractivity (Wildman–Crippen MR) is 82.3 cm³/mol. The van der Waals surface area contributed by atoms with Crippen LogP contribution in [0.3, 0.4) is 0 Å². The van der Waals surface area contributed by atoms with Crippen LogP contribution in [-0.2, 0) is 0 Å². The fourth-order valence-electron chi connectivity index (χ4n) is 2.57. The number of carbonyl (C=O) groups is 1. The summed E-state index contributed by atoms with van der Waals surface area (Å²) in [7, 11) is 3.48. The molecule has 98 valence electrons. The molecule has 0 unspecified atom stereocenters. The van der Waals surface area contributed by atoms with E-state index in [1.165, 1.54) is 0 Å². The van der Waals surface area contributed by atoms with Crippen LogP contribution < -0.4 is 0 Å². The normalized spacial score (nSPS) is 13.2. The number of carbonyl (C=O) groups excluding carboxylic acids is 1. The van der Waals surface area contributed by atoms with Crippen LogP contribution in [0.4, 0.5) is 0 Å². The molecule has 0 radical (unpaired) electrons. The second-order valence-corrected chi connectivity index (χ2v) is 4.71. The van der Waals surface area contributed by atoms with Crippen molar-refractivity contribution in [1.29, 1.82) is 0 Å². The lowest BCUT2D eigenvalue weighted by Crippen LogP contribution is -1.95. The van der Waals surface area contributed by atoms with Crippen LogP contribution in [0.5, 0.6) is 0 Å². The molecule has 20 heavy (non-hydrogen) atoms. The van der Waals surface area contributed by atoms with Gasteiger partial charge in [-0.2, -0.15) is 0 Å². The van der Waals surface area contributed by atoms with E-state index >= 15 is 0 Å². The number of rotatable bonds is 2. The Morgan fingerprint density at radius 3 is 1.60 bits per heavy atom. The van der Waals surface area contributed by atoms with E-state index in [0.717, 1.165) is 33.4 Å². The first-order valence-corrected chi connectivity index (χ1v) is 6.42. The standard InChI is InChI=1S/C17H14N2O/c1-18-9-11-3-5-13-15(7-11)16-8-12(10-19-2)4-6-14(16)17(13)20/h3-10H,1-2H3/b18-9-,19-10+. The molecule has 0 N–H and O–H groups in total. The monoisotopic (exact) mass is 262 g/mol. The Balaban J connectivity index is 2.22. The first-order chi connectivity index (χ1) is 9.74. The van der Waals surface area contributed by atoms with Crippen LogP contribution in [0.1, 0.15) is 27.0 Å². The highest BCUT2D eigenvalue weighted by Gasteiger charge is 2.26. The third-order valence-electron chi connectivity index (χ3n) is 3.42. The minimum absolute atomic E-state index is 0.0926. The Morgan fingerprint density at radius 2 is 1.20 bits per heavy atom. The smallest absolute Gasteiger partial charge is 0.194 e. The second-order valence-electron chi connectivity index (χ2n) is 4.71. The van der Waals surface area contributed by atoms with Crippen LogP contribution in [-0.4, -0.2) is 32.3 Å². The molecule has 3 nitrogen and oxygen atoms in total. The molecule has 1 aliphatic rings. The first kappa shape index (κ1) is 12.5. The van der Waals surface area contributed by atoms with Gasteiger partial charge in [-0.3, -0.25) is 14.8 Å². The molecule has 0 heterocycles. The van der Waals surface area contributed by atoms with Crippen LogP contribution >= 0.6 is 0 Å². The zero-order valence-corrected chi connectivity index (χ0v) is 11.4. The van der Waals surface area contributed by atoms with Crippen LogP contribution in [0.15, 0.2) is 46.4 Å². The number of ketones is 1. The van der Waals surface area contributed by atoms with Gasteiger partial charge in [-0.15, -0.1) is 0 Å². The molecule has 0 saturated heterocycles. The lowest BCUT2D eigenvalue weighted by molar-refractivity contribution is 0.104. The summed E-state index contributed by atoms with van der Waals surface area (Å²) >= 11 is 0. The van der Waals surface area contributed by atoms with Gasteiger partial charge in [0.05, 0.1) is 0 Å². The summed E-state index contributed by atoms with van der Waals surface area (Å²) in [4.78, 5) is 20.4. The molecule has 2 aromatic carbocycles. The van der Waals surface area contributed by atoms with Gasteiger partial charge >= 0.3 is 0 Å². The number of hydrogen-bond acceptors (Lipinski definition) is 3. The van der Waals surface area contributed by atoms with Gasteiger partial charge in [-0.05, 0) is 46.5 Å². The summed E-state index contributed by atoms with van der Waals surface area (Å²) in [6.45, 7) is 0. The molecule has 0 bridgehead atoms. The zero-order chi connectivity index (χ0) is 14.1. The lowest BCUT2D eigenvalue weighted by Gasteiger charge is -2.02. The Labute approximate surface area is 117 Å². The van der Waals surface area contributed by atoms with Crippen molar-refractivity contribution in [2.75, 3.05) is 14.1 Å². The Hall–Kier alpha value is -2.55. The van der Waals surface area contributed by atoms with Crippen molar-refractivity contribution in [3.05, 3.63) is 58.7 Å². The number of benzene rings is 2. The van der Waals surface area contributed by atoms with Crippen LogP contribution in [0.25, 0.3) is 11.1 Å². The fraction of sp³-hybridized carbons (Fsp3) is 0.118. The number of hydrogen-bond donors (Lipinski definition) is 0. The van der Waals surface area contributed by atoms with Gasteiger partial charge in [0.1, 0.15) is 0 Å². The average Bonchev–Trinajstić information content (AvgIpc) is 2.73. The van der Waals surface area contributed by atoms with E-state index in [0.29, 0.717) is 0 Å². The quantitative estimate of drug-likeness (QED) is 0.654. The first-order valence-electron chi connectivity index (χ1n) is 6.42. The van der Waals surface area contributed by atoms with Gasteiger partial charge in [0.15, 0.2) is 5.78 Å². The molecular weight excluding hydrogens is 248 g/mol. The molecule has 0 aliphatic heterocycles. The molecule has 0 aromatic heterocycles. The van der Waals surface area contributed by atoms with Gasteiger partial charge in [-0.1, -0.05) is 12.1 Å². The predicted octanol–water partition coefficient (Wildman–Crippen LogP) is 3.00. The van der Waals surface area contributed by atoms with Crippen molar-refractivity contribution in [1.82, 2.24) is 0 Å². The van der Waals surface area contributed by atoms with Crippen molar-refractivity contribution in [3.63, 3.8) is 0 Å². The summed E-state index contributed by atoms with van der Waals surface area (Å²) in [5.41, 5.74) is 5.49. The van der Waals surface area contributed by atoms with E-state index in [1.54, 1.807) is 26.5 Å². The van der Waals surface area contributed by atoms with Gasteiger partial charge in [-0.25, -0.2) is 0 Å². The van der Waals surface area contributed by atoms with Gasteiger partial charge in [0.2, 0.25) is 0 Å². The van der Waals surface area contributed by atoms with Crippen LogP contribution in [0.2, 0.25) is 0 Å². The van der Waals surface area contributed by atoms with Crippen molar-refractivity contribution in [2.24, 2.45) is 9.98 Å². The van der Waals surface area contributed by atoms with E-state index in [9.17, 15) is 4.79 Å². The molecule has 0 spiro atoms. The molecule has 0 atom stereocenters. The Morgan fingerprint density at radius 1 is 0.750 bits per heavy atom. The second kappa shape index (κ2) is 4.85. The maximum absolute atomic E-state index is 12.4. The maximum atomic E-state index is 12.4. The third-order valence-corrected chi connectivity index (χ3v) is 3.42. The van der Waals surface area contributed by atoms with Crippen molar-refractivity contribution in [3.8, 4) is 11.1 Å². The van der Waals surface area contributed by atoms with Gasteiger partial charge in [0.25, 0.3) is 0 Å². The van der Waals surface area contributed by atoms with Gasteiger partial charge < -0.3 is 0 Å². The highest BCUT2D eigenvalue weighted by molar-refractivity contribution is 6.22. The van der Waals surface area contributed by atoms with Crippen molar-refractivity contribution in [2.45, 2.75) is 0 Å². The molecule has 0 amide bonds. The van der Waals surface area contributed by atoms with E-state index in [1.807, 2.05) is 36.4 Å². The van der Waals surface area contributed by atoms with Crippen molar-refractivity contribution < 1.29 is 4.79 Å². The zero-order valence-electron chi connectivity index (χ0n) is 11.4. The molecule has 3 heteroatoms. The lowest BCUT2D eigenvalue weighted by atomic mass is 10.0. The summed E-state index contributed by atoms with van der Waals surface area (Å²) in [5, 5.41) is 0. The highest BCUT2D eigenvalue weighted by Crippen LogP contribution is 2.37. The third kappa shape index (κ3) is 1.88. The van der Waals surface area contributed by atoms with Crippen LogP contribution in [0, 0.1) is 0 Å². The number of nitrogens with zero attached hydrogens (tertiary/aromatic N) is 2. The van der Waals surface area contributed by atoms with Gasteiger partial charge in [0, 0.05) is 37.7 Å². The molecule has 3 rings (SSSR count). The summed E-state index contributed by atoms with van der Waals surface area (Å²) in [6.07, 6.45) is 3.58. The SMILES string of the molecule is C/N=C\c1ccc2c(c1)-c1cc(/C=N/C)ccc1C2=O. The summed E-state index contributed by atoms with van der Waals surface area (Å²) in [5.74, 6) is 0.0926. The summed E-state index contributed by atoms with van der Waals surface area (Å²) < 4.78 is 0. The number of aliphatic imine (C=N–C) groups is 2. The molecular formula is C17H14N2O. The summed E-state index contributed by atoms with van der Waals surface area (Å²) in [6, 6.07) is 11.6. The Kier molecular flexibility index (Phi) is 3.03. The fourth-order valence-corrected chi connectivity index (χ4v) is 2.57. The number of fused-ring (bicyclic) bond motifs is 3. The van der Waals surface area contributed by atoms with E-state index in [-0.39, 0.29) is 5.78 Å². The molecule has 0 fully saturated rings.